The Labute approximate surface area is 153 Å². The van der Waals surface area contributed by atoms with Crippen LogP contribution in [0.4, 0.5) is 11.6 Å². The van der Waals surface area contributed by atoms with E-state index >= 15 is 0 Å². The minimum atomic E-state index is 0.467. The molecule has 0 radical (unpaired) electrons. The van der Waals surface area contributed by atoms with E-state index in [4.69, 9.17) is 4.74 Å². The largest absolute Gasteiger partial charge is 0.378 e. The fourth-order valence-corrected chi connectivity index (χ4v) is 2.75. The molecule has 6 heteroatoms. The van der Waals surface area contributed by atoms with Crippen molar-refractivity contribution >= 4 is 11.6 Å². The van der Waals surface area contributed by atoms with Crippen molar-refractivity contribution in [3.63, 3.8) is 0 Å². The van der Waals surface area contributed by atoms with Crippen molar-refractivity contribution in [1.29, 1.82) is 0 Å². The first-order valence-electron chi connectivity index (χ1n) is 8.49. The predicted molar refractivity (Wildman–Crippen MR) is 103 cm³/mol. The SMILES string of the molecule is COCc1cc(NCc2cccnc2N(C)Cc2ccccc2)ncn1. The highest BCUT2D eigenvalue weighted by Crippen LogP contribution is 2.19. The van der Waals surface area contributed by atoms with Crippen LogP contribution in [0.15, 0.2) is 61.1 Å². The van der Waals surface area contributed by atoms with Gasteiger partial charge in [0.15, 0.2) is 0 Å². The van der Waals surface area contributed by atoms with Crippen LogP contribution < -0.4 is 10.2 Å². The van der Waals surface area contributed by atoms with Gasteiger partial charge in [-0.3, -0.25) is 0 Å². The average Bonchev–Trinajstić information content (AvgIpc) is 2.68. The molecule has 0 aliphatic rings. The van der Waals surface area contributed by atoms with Crippen LogP contribution in [0.3, 0.4) is 0 Å². The van der Waals surface area contributed by atoms with E-state index in [1.165, 1.54) is 5.56 Å². The topological polar surface area (TPSA) is 63.2 Å². The molecule has 0 spiro atoms. The number of hydrogen-bond acceptors (Lipinski definition) is 6. The number of nitrogens with zero attached hydrogens (tertiary/aromatic N) is 4. The van der Waals surface area contributed by atoms with Crippen molar-refractivity contribution in [2.45, 2.75) is 19.7 Å². The number of anilines is 2. The van der Waals surface area contributed by atoms with E-state index in [1.807, 2.05) is 24.4 Å². The van der Waals surface area contributed by atoms with Gasteiger partial charge in [-0.05, 0) is 11.6 Å². The van der Waals surface area contributed by atoms with Gasteiger partial charge in [-0.2, -0.15) is 0 Å². The fraction of sp³-hybridized carbons (Fsp3) is 0.250. The Kier molecular flexibility index (Phi) is 6.11. The fourth-order valence-electron chi connectivity index (χ4n) is 2.75. The number of methoxy groups -OCH3 is 1. The Hall–Kier alpha value is -2.99. The summed E-state index contributed by atoms with van der Waals surface area (Å²) in [7, 11) is 3.71. The summed E-state index contributed by atoms with van der Waals surface area (Å²) in [5.41, 5.74) is 3.20. The molecule has 3 aromatic rings. The first kappa shape index (κ1) is 17.8. The number of ether oxygens (including phenoxy) is 1. The molecule has 0 saturated heterocycles. The molecule has 0 saturated carbocycles. The van der Waals surface area contributed by atoms with Gasteiger partial charge in [0, 0.05) is 45.1 Å². The van der Waals surface area contributed by atoms with Gasteiger partial charge in [0.1, 0.15) is 18.0 Å². The zero-order valence-electron chi connectivity index (χ0n) is 15.1. The number of aromatic nitrogens is 3. The molecule has 0 amide bonds. The van der Waals surface area contributed by atoms with Crippen LogP contribution in [-0.4, -0.2) is 29.1 Å². The third-order valence-electron chi connectivity index (χ3n) is 3.97. The lowest BCUT2D eigenvalue weighted by molar-refractivity contribution is 0.181. The maximum absolute atomic E-state index is 5.12. The van der Waals surface area contributed by atoms with Gasteiger partial charge in [0.25, 0.3) is 0 Å². The van der Waals surface area contributed by atoms with Gasteiger partial charge >= 0.3 is 0 Å². The maximum atomic E-state index is 5.12. The molecule has 0 fully saturated rings. The molecular formula is C20H23N5O. The minimum absolute atomic E-state index is 0.467. The monoisotopic (exact) mass is 349 g/mol. The van der Waals surface area contributed by atoms with Crippen molar-refractivity contribution < 1.29 is 4.74 Å². The molecule has 6 nitrogen and oxygen atoms in total. The second-order valence-corrected chi connectivity index (χ2v) is 6.01. The zero-order valence-corrected chi connectivity index (χ0v) is 15.1. The molecule has 2 aromatic heterocycles. The number of hydrogen-bond donors (Lipinski definition) is 1. The van der Waals surface area contributed by atoms with Gasteiger partial charge in [-0.25, -0.2) is 15.0 Å². The lowest BCUT2D eigenvalue weighted by Gasteiger charge is -2.21. The summed E-state index contributed by atoms with van der Waals surface area (Å²) in [5.74, 6) is 1.72. The molecule has 0 unspecified atom stereocenters. The molecule has 1 aromatic carbocycles. The lowest BCUT2D eigenvalue weighted by Crippen LogP contribution is -2.20. The van der Waals surface area contributed by atoms with E-state index in [9.17, 15) is 0 Å². The van der Waals surface area contributed by atoms with Crippen molar-refractivity contribution in [3.8, 4) is 0 Å². The average molecular weight is 349 g/mol. The van der Waals surface area contributed by atoms with E-state index in [1.54, 1.807) is 13.4 Å². The van der Waals surface area contributed by atoms with Crippen LogP contribution in [0, 0.1) is 0 Å². The molecule has 0 aliphatic carbocycles. The zero-order chi connectivity index (χ0) is 18.2. The Bertz CT molecular complexity index is 825. The molecule has 0 atom stereocenters. The molecule has 26 heavy (non-hydrogen) atoms. The van der Waals surface area contributed by atoms with Crippen molar-refractivity contribution in [2.75, 3.05) is 24.4 Å². The summed E-state index contributed by atoms with van der Waals surface area (Å²) in [5, 5.41) is 3.35. The standard InChI is InChI=1S/C20H23N5O/c1-25(13-16-7-4-3-5-8-16)20-17(9-6-10-21-20)12-22-19-11-18(14-26-2)23-15-24-19/h3-11,15H,12-14H2,1-2H3,(H,22,23,24). The van der Waals surface area contributed by atoms with Crippen molar-refractivity contribution in [3.05, 3.63) is 77.9 Å². The van der Waals surface area contributed by atoms with Crippen LogP contribution in [0.5, 0.6) is 0 Å². The molecule has 3 rings (SSSR count). The van der Waals surface area contributed by atoms with Gasteiger partial charge in [-0.1, -0.05) is 36.4 Å². The summed E-state index contributed by atoms with van der Waals surface area (Å²) in [6.45, 7) is 1.90. The predicted octanol–water partition coefficient (Wildman–Crippen LogP) is 3.27. The second kappa shape index (κ2) is 8.92. The third kappa shape index (κ3) is 4.77. The van der Waals surface area contributed by atoms with E-state index in [2.05, 4.69) is 62.5 Å². The van der Waals surface area contributed by atoms with E-state index in [0.29, 0.717) is 13.2 Å². The Morgan fingerprint density at radius 1 is 1.04 bits per heavy atom. The van der Waals surface area contributed by atoms with E-state index in [-0.39, 0.29) is 0 Å². The first-order valence-corrected chi connectivity index (χ1v) is 8.49. The third-order valence-corrected chi connectivity index (χ3v) is 3.97. The molecule has 1 N–H and O–H groups in total. The van der Waals surface area contributed by atoms with Crippen LogP contribution in [0.1, 0.15) is 16.8 Å². The second-order valence-electron chi connectivity index (χ2n) is 6.01. The van der Waals surface area contributed by atoms with E-state index < -0.39 is 0 Å². The van der Waals surface area contributed by atoms with Crippen molar-refractivity contribution in [2.24, 2.45) is 0 Å². The summed E-state index contributed by atoms with van der Waals surface area (Å²) in [4.78, 5) is 15.2. The summed E-state index contributed by atoms with van der Waals surface area (Å²) >= 11 is 0. The minimum Gasteiger partial charge on any atom is -0.378 e. The lowest BCUT2D eigenvalue weighted by atomic mass is 10.2. The highest BCUT2D eigenvalue weighted by Gasteiger charge is 2.09. The molecule has 2 heterocycles. The number of pyridine rings is 1. The Balaban J connectivity index is 1.70. The van der Waals surface area contributed by atoms with Crippen LogP contribution in [-0.2, 0) is 24.4 Å². The highest BCUT2D eigenvalue weighted by molar-refractivity contribution is 5.48. The molecule has 0 aliphatic heterocycles. The summed E-state index contributed by atoms with van der Waals surface area (Å²) < 4.78 is 5.12. The Morgan fingerprint density at radius 2 is 1.88 bits per heavy atom. The summed E-state index contributed by atoms with van der Waals surface area (Å²) in [6, 6.07) is 16.3. The smallest absolute Gasteiger partial charge is 0.133 e. The van der Waals surface area contributed by atoms with Gasteiger partial charge in [-0.15, -0.1) is 0 Å². The van der Waals surface area contributed by atoms with Crippen LogP contribution in [0.2, 0.25) is 0 Å². The van der Waals surface area contributed by atoms with Crippen molar-refractivity contribution in [1.82, 2.24) is 15.0 Å². The normalized spacial score (nSPS) is 10.5. The molecule has 0 bridgehead atoms. The van der Waals surface area contributed by atoms with Crippen LogP contribution >= 0.6 is 0 Å². The molecule has 134 valence electrons. The first-order chi connectivity index (χ1) is 12.8. The maximum Gasteiger partial charge on any atom is 0.133 e. The highest BCUT2D eigenvalue weighted by atomic mass is 16.5. The van der Waals surface area contributed by atoms with Gasteiger partial charge < -0.3 is 15.0 Å². The van der Waals surface area contributed by atoms with Gasteiger partial charge in [0.05, 0.1) is 12.3 Å². The number of nitrogens with one attached hydrogen (secondary N) is 1. The van der Waals surface area contributed by atoms with Gasteiger partial charge in [0.2, 0.25) is 0 Å². The number of rotatable bonds is 8. The molecular weight excluding hydrogens is 326 g/mol. The quantitative estimate of drug-likeness (QED) is 0.673. The number of benzene rings is 1. The van der Waals surface area contributed by atoms with E-state index in [0.717, 1.165) is 29.4 Å². The van der Waals surface area contributed by atoms with Crippen LogP contribution in [0.25, 0.3) is 0 Å². The summed E-state index contributed by atoms with van der Waals surface area (Å²) in [6.07, 6.45) is 3.37. The Morgan fingerprint density at radius 3 is 2.69 bits per heavy atom.